The number of methoxy groups -OCH3 is 1. The first-order valence-corrected chi connectivity index (χ1v) is 7.81. The minimum Gasteiger partial charge on any atom is -0.497 e. The van der Waals surface area contributed by atoms with Crippen LogP contribution in [-0.2, 0) is 12.7 Å². The Hall–Kier alpha value is -2.62. The molecule has 1 aromatic heterocycles. The maximum atomic E-state index is 12.5. The highest BCUT2D eigenvalue weighted by Crippen LogP contribution is 2.29. The second-order valence-corrected chi connectivity index (χ2v) is 5.62. The second-order valence-electron chi connectivity index (χ2n) is 4.87. The summed E-state index contributed by atoms with van der Waals surface area (Å²) in [4.78, 5) is 16.9. The van der Waals surface area contributed by atoms with E-state index < -0.39 is 18.0 Å². The summed E-state index contributed by atoms with van der Waals surface area (Å²) in [6.45, 7) is 4.03. The van der Waals surface area contributed by atoms with Crippen molar-refractivity contribution in [2.24, 2.45) is 0 Å². The first kappa shape index (κ1) is 18.7. The largest absolute Gasteiger partial charge is 0.497 e. The van der Waals surface area contributed by atoms with Crippen LogP contribution in [0, 0.1) is 0 Å². The van der Waals surface area contributed by atoms with Crippen molar-refractivity contribution in [3.05, 3.63) is 48.3 Å². The van der Waals surface area contributed by atoms with Crippen LogP contribution in [0.2, 0.25) is 0 Å². The van der Waals surface area contributed by atoms with Gasteiger partial charge >= 0.3 is 12.2 Å². The van der Waals surface area contributed by atoms with E-state index in [0.717, 1.165) is 5.56 Å². The van der Waals surface area contributed by atoms with Gasteiger partial charge in [-0.15, -0.1) is 6.58 Å². The maximum Gasteiger partial charge on any atom is 0.452 e. The molecule has 0 atom stereocenters. The number of nitrogens with zero attached hydrogens (tertiary/aromatic N) is 3. The third kappa shape index (κ3) is 5.18. The van der Waals surface area contributed by atoms with Crippen LogP contribution >= 0.6 is 11.5 Å². The molecule has 0 aliphatic rings. The van der Waals surface area contributed by atoms with Gasteiger partial charge in [0, 0.05) is 24.6 Å². The highest BCUT2D eigenvalue weighted by molar-refractivity contribution is 7.09. The number of carbonyl (C=O) groups is 1. The van der Waals surface area contributed by atoms with Crippen LogP contribution in [0.5, 0.6) is 5.75 Å². The average molecular weight is 372 g/mol. The zero-order valence-corrected chi connectivity index (χ0v) is 14.0. The standard InChI is InChI=1S/C15H15F3N4O2S/c1-3-8-22(9-10-4-6-11(24-2)7-5-10)14(23)20-13-19-12(21-25-13)15(16,17)18/h3-7H,1,8-9H2,2H3,(H,19,20,21,23). The van der Waals surface area contributed by atoms with E-state index in [1.54, 1.807) is 31.4 Å². The van der Waals surface area contributed by atoms with Gasteiger partial charge in [0.1, 0.15) is 5.75 Å². The van der Waals surface area contributed by atoms with Gasteiger partial charge in [-0.1, -0.05) is 18.2 Å². The molecule has 0 spiro atoms. The number of benzene rings is 1. The molecule has 0 radical (unpaired) electrons. The molecule has 0 unspecified atom stereocenters. The van der Waals surface area contributed by atoms with Crippen LogP contribution in [0.3, 0.4) is 0 Å². The molecular weight excluding hydrogens is 357 g/mol. The van der Waals surface area contributed by atoms with Crippen molar-refractivity contribution in [2.75, 3.05) is 19.0 Å². The van der Waals surface area contributed by atoms with E-state index in [4.69, 9.17) is 4.74 Å². The van der Waals surface area contributed by atoms with Crippen LogP contribution in [0.1, 0.15) is 11.4 Å². The molecule has 0 aliphatic carbocycles. The number of carbonyl (C=O) groups excluding carboxylic acids is 1. The maximum absolute atomic E-state index is 12.5. The first-order chi connectivity index (χ1) is 11.8. The highest BCUT2D eigenvalue weighted by atomic mass is 32.1. The molecule has 2 rings (SSSR count). The predicted molar refractivity (Wildman–Crippen MR) is 87.5 cm³/mol. The molecule has 2 aromatic rings. The summed E-state index contributed by atoms with van der Waals surface area (Å²) >= 11 is 0.469. The van der Waals surface area contributed by atoms with Crippen molar-refractivity contribution < 1.29 is 22.7 Å². The Kier molecular flexibility index (Phi) is 5.97. The van der Waals surface area contributed by atoms with E-state index in [0.29, 0.717) is 17.3 Å². The molecule has 0 aliphatic heterocycles. The Bertz CT molecular complexity index is 731. The minimum absolute atomic E-state index is 0.211. The summed E-state index contributed by atoms with van der Waals surface area (Å²) in [7, 11) is 1.55. The minimum atomic E-state index is -4.65. The first-order valence-electron chi connectivity index (χ1n) is 7.04. The van der Waals surface area contributed by atoms with E-state index in [1.807, 2.05) is 0 Å². The summed E-state index contributed by atoms with van der Waals surface area (Å²) in [6, 6.07) is 6.48. The van der Waals surface area contributed by atoms with Gasteiger partial charge < -0.3 is 9.64 Å². The van der Waals surface area contributed by atoms with Crippen molar-refractivity contribution in [2.45, 2.75) is 12.7 Å². The molecule has 2 amide bonds. The fourth-order valence-corrected chi connectivity index (χ4v) is 2.46. The van der Waals surface area contributed by atoms with Gasteiger partial charge in [0.25, 0.3) is 0 Å². The van der Waals surface area contributed by atoms with Gasteiger partial charge in [-0.2, -0.15) is 22.5 Å². The highest BCUT2D eigenvalue weighted by Gasteiger charge is 2.36. The number of aromatic nitrogens is 2. The molecule has 0 fully saturated rings. The molecule has 0 saturated carbocycles. The lowest BCUT2D eigenvalue weighted by molar-refractivity contribution is -0.144. The molecule has 0 bridgehead atoms. The van der Waals surface area contributed by atoms with Crippen molar-refractivity contribution in [1.29, 1.82) is 0 Å². The van der Waals surface area contributed by atoms with E-state index in [2.05, 4.69) is 21.3 Å². The van der Waals surface area contributed by atoms with E-state index >= 15 is 0 Å². The number of ether oxygens (including phenoxy) is 1. The summed E-state index contributed by atoms with van der Waals surface area (Å²) < 4.78 is 45.8. The van der Waals surface area contributed by atoms with Gasteiger partial charge in [-0.25, -0.2) is 4.79 Å². The number of hydrogen-bond donors (Lipinski definition) is 1. The third-order valence-electron chi connectivity index (χ3n) is 3.06. The lowest BCUT2D eigenvalue weighted by Crippen LogP contribution is -2.34. The Morgan fingerprint density at radius 2 is 2.08 bits per heavy atom. The Morgan fingerprint density at radius 3 is 2.60 bits per heavy atom. The van der Waals surface area contributed by atoms with Gasteiger partial charge in [0.15, 0.2) is 0 Å². The van der Waals surface area contributed by atoms with Crippen molar-refractivity contribution in [1.82, 2.24) is 14.3 Å². The summed E-state index contributed by atoms with van der Waals surface area (Å²) in [5.74, 6) is -0.602. The SMILES string of the molecule is C=CCN(Cc1ccc(OC)cc1)C(=O)Nc1nc(C(F)(F)F)ns1. The Balaban J connectivity index is 2.06. The molecule has 1 aromatic carbocycles. The van der Waals surface area contributed by atoms with E-state index in [-0.39, 0.29) is 18.2 Å². The van der Waals surface area contributed by atoms with Crippen LogP contribution in [0.25, 0.3) is 0 Å². The van der Waals surface area contributed by atoms with Crippen LogP contribution < -0.4 is 10.1 Å². The number of nitrogens with one attached hydrogen (secondary N) is 1. The number of alkyl halides is 3. The smallest absolute Gasteiger partial charge is 0.452 e. The van der Waals surface area contributed by atoms with Crippen molar-refractivity contribution in [3.63, 3.8) is 0 Å². The van der Waals surface area contributed by atoms with Crippen molar-refractivity contribution >= 4 is 22.7 Å². The van der Waals surface area contributed by atoms with Crippen LogP contribution in [-0.4, -0.2) is 33.9 Å². The van der Waals surface area contributed by atoms with E-state index in [1.165, 1.54) is 11.0 Å². The average Bonchev–Trinajstić information content (AvgIpc) is 3.04. The van der Waals surface area contributed by atoms with Gasteiger partial charge in [-0.3, -0.25) is 5.32 Å². The number of anilines is 1. The fraction of sp³-hybridized carbons (Fsp3) is 0.267. The summed E-state index contributed by atoms with van der Waals surface area (Å²) in [5.41, 5.74) is 0.825. The molecule has 134 valence electrons. The summed E-state index contributed by atoms with van der Waals surface area (Å²) in [6.07, 6.45) is -3.13. The summed E-state index contributed by atoms with van der Waals surface area (Å²) in [5, 5.41) is 2.10. The topological polar surface area (TPSA) is 67.3 Å². The molecule has 0 saturated heterocycles. The Morgan fingerprint density at radius 1 is 1.40 bits per heavy atom. The number of rotatable bonds is 6. The number of hydrogen-bond acceptors (Lipinski definition) is 5. The Labute approximate surface area is 146 Å². The zero-order valence-electron chi connectivity index (χ0n) is 13.2. The molecular formula is C15H15F3N4O2S. The van der Waals surface area contributed by atoms with E-state index in [9.17, 15) is 18.0 Å². The predicted octanol–water partition coefficient (Wildman–Crippen LogP) is 3.79. The lowest BCUT2D eigenvalue weighted by atomic mass is 10.2. The number of amides is 2. The quantitative estimate of drug-likeness (QED) is 0.784. The molecule has 10 heteroatoms. The normalized spacial score (nSPS) is 11.0. The van der Waals surface area contributed by atoms with Gasteiger partial charge in [0.05, 0.1) is 7.11 Å². The number of halogens is 3. The monoisotopic (exact) mass is 372 g/mol. The van der Waals surface area contributed by atoms with Gasteiger partial charge in [-0.05, 0) is 17.7 Å². The van der Waals surface area contributed by atoms with Crippen LogP contribution in [0.15, 0.2) is 36.9 Å². The molecule has 25 heavy (non-hydrogen) atoms. The second kappa shape index (κ2) is 7.97. The lowest BCUT2D eigenvalue weighted by Gasteiger charge is -2.21. The van der Waals surface area contributed by atoms with Crippen LogP contribution in [0.4, 0.5) is 23.1 Å². The zero-order chi connectivity index (χ0) is 18.4. The number of urea groups is 1. The van der Waals surface area contributed by atoms with Crippen molar-refractivity contribution in [3.8, 4) is 5.75 Å². The molecule has 6 nitrogen and oxygen atoms in total. The molecule has 1 N–H and O–H groups in total. The molecule has 1 heterocycles. The fourth-order valence-electron chi connectivity index (χ4n) is 1.89. The van der Waals surface area contributed by atoms with Gasteiger partial charge in [0.2, 0.25) is 11.0 Å². The third-order valence-corrected chi connectivity index (χ3v) is 3.69.